The van der Waals surface area contributed by atoms with Crippen LogP contribution in [-0.2, 0) is 24.2 Å². The van der Waals surface area contributed by atoms with E-state index in [1.54, 1.807) is 17.0 Å². The first-order chi connectivity index (χ1) is 12.0. The summed E-state index contributed by atoms with van der Waals surface area (Å²) in [6.45, 7) is 6.00. The van der Waals surface area contributed by atoms with Crippen molar-refractivity contribution >= 4 is 23.3 Å². The van der Waals surface area contributed by atoms with Crippen molar-refractivity contribution < 1.29 is 14.0 Å². The SMILES string of the molecule is CCc1nnc(CN(C(=O)Nc2ccc3c(c2)CC(=O)N3)C(C)C)o1. The average molecular weight is 343 g/mol. The number of urea groups is 1. The van der Waals surface area contributed by atoms with Crippen molar-refractivity contribution in [3.8, 4) is 0 Å². The quantitative estimate of drug-likeness (QED) is 0.869. The molecule has 0 bridgehead atoms. The molecule has 2 heterocycles. The number of aryl methyl sites for hydroxylation is 1. The molecule has 8 heteroatoms. The number of carbonyl (C=O) groups excluding carboxylic acids is 2. The fraction of sp³-hybridized carbons (Fsp3) is 0.412. The van der Waals surface area contributed by atoms with E-state index in [0.717, 1.165) is 11.3 Å². The van der Waals surface area contributed by atoms with Crippen LogP contribution < -0.4 is 10.6 Å². The summed E-state index contributed by atoms with van der Waals surface area (Å²) in [6.07, 6.45) is 0.984. The van der Waals surface area contributed by atoms with Gasteiger partial charge in [-0.15, -0.1) is 10.2 Å². The van der Waals surface area contributed by atoms with Gasteiger partial charge < -0.3 is 20.0 Å². The number of carbonyl (C=O) groups is 2. The van der Waals surface area contributed by atoms with E-state index in [1.165, 1.54) is 0 Å². The molecule has 2 N–H and O–H groups in total. The topological polar surface area (TPSA) is 100 Å². The molecule has 0 saturated heterocycles. The van der Waals surface area contributed by atoms with Gasteiger partial charge in [0.2, 0.25) is 17.7 Å². The minimum absolute atomic E-state index is 0.0367. The number of hydrogen-bond donors (Lipinski definition) is 2. The smallest absolute Gasteiger partial charge is 0.322 e. The van der Waals surface area contributed by atoms with Gasteiger partial charge >= 0.3 is 6.03 Å². The van der Waals surface area contributed by atoms with E-state index in [2.05, 4.69) is 20.8 Å². The third-order valence-corrected chi connectivity index (χ3v) is 3.98. The van der Waals surface area contributed by atoms with Gasteiger partial charge in [0.15, 0.2) is 0 Å². The molecule has 2 aromatic rings. The van der Waals surface area contributed by atoms with Crippen LogP contribution in [0, 0.1) is 0 Å². The maximum atomic E-state index is 12.6. The van der Waals surface area contributed by atoms with Crippen molar-refractivity contribution in [3.63, 3.8) is 0 Å². The molecule has 1 aliphatic rings. The predicted octanol–water partition coefficient (Wildman–Crippen LogP) is 2.57. The second-order valence-corrected chi connectivity index (χ2v) is 6.19. The van der Waals surface area contributed by atoms with Crippen LogP contribution in [0.3, 0.4) is 0 Å². The second kappa shape index (κ2) is 6.92. The minimum atomic E-state index is -0.261. The Kier molecular flexibility index (Phi) is 4.69. The van der Waals surface area contributed by atoms with Crippen LogP contribution in [-0.4, -0.2) is 33.1 Å². The number of anilines is 2. The monoisotopic (exact) mass is 343 g/mol. The first kappa shape index (κ1) is 16.9. The van der Waals surface area contributed by atoms with E-state index in [9.17, 15) is 9.59 Å². The van der Waals surface area contributed by atoms with E-state index >= 15 is 0 Å². The lowest BCUT2D eigenvalue weighted by Crippen LogP contribution is -2.39. The summed E-state index contributed by atoms with van der Waals surface area (Å²) < 4.78 is 5.50. The number of aromatic nitrogens is 2. The highest BCUT2D eigenvalue weighted by atomic mass is 16.4. The number of nitrogens with zero attached hydrogens (tertiary/aromatic N) is 3. The molecular weight excluding hydrogens is 322 g/mol. The standard InChI is InChI=1S/C17H21N5O3/c1-4-15-20-21-16(25-15)9-22(10(2)3)17(24)18-12-5-6-13-11(7-12)8-14(23)19-13/h5-7,10H,4,8-9H2,1-3H3,(H,18,24)(H,19,23). The zero-order valence-corrected chi connectivity index (χ0v) is 14.5. The van der Waals surface area contributed by atoms with E-state index in [0.29, 0.717) is 30.3 Å². The highest BCUT2D eigenvalue weighted by Gasteiger charge is 2.22. The fourth-order valence-corrected chi connectivity index (χ4v) is 2.63. The first-order valence-corrected chi connectivity index (χ1v) is 8.28. The van der Waals surface area contributed by atoms with Gasteiger partial charge in [0, 0.05) is 23.8 Å². The van der Waals surface area contributed by atoms with Crippen LogP contribution in [0.2, 0.25) is 0 Å². The number of fused-ring (bicyclic) bond motifs is 1. The lowest BCUT2D eigenvalue weighted by molar-refractivity contribution is -0.115. The fourth-order valence-electron chi connectivity index (χ4n) is 2.63. The van der Waals surface area contributed by atoms with Crippen LogP contribution in [0.4, 0.5) is 16.2 Å². The van der Waals surface area contributed by atoms with Crippen molar-refractivity contribution in [2.45, 2.75) is 46.2 Å². The molecule has 0 spiro atoms. The molecule has 1 aromatic heterocycles. The Balaban J connectivity index is 1.71. The van der Waals surface area contributed by atoms with Crippen LogP contribution in [0.1, 0.15) is 38.1 Å². The highest BCUT2D eigenvalue weighted by molar-refractivity contribution is 6.00. The molecule has 1 aliphatic heterocycles. The van der Waals surface area contributed by atoms with Gasteiger partial charge in [0.25, 0.3) is 0 Å². The largest absolute Gasteiger partial charge is 0.423 e. The lowest BCUT2D eigenvalue weighted by Gasteiger charge is -2.25. The van der Waals surface area contributed by atoms with E-state index in [1.807, 2.05) is 26.8 Å². The molecule has 0 atom stereocenters. The zero-order chi connectivity index (χ0) is 18.0. The summed E-state index contributed by atoms with van der Waals surface area (Å²) in [4.78, 5) is 25.7. The van der Waals surface area contributed by atoms with Crippen LogP contribution in [0.15, 0.2) is 22.6 Å². The van der Waals surface area contributed by atoms with Crippen molar-refractivity contribution in [1.82, 2.24) is 15.1 Å². The molecule has 0 unspecified atom stereocenters. The third kappa shape index (κ3) is 3.78. The van der Waals surface area contributed by atoms with Gasteiger partial charge in [-0.2, -0.15) is 0 Å². The molecule has 0 aliphatic carbocycles. The summed E-state index contributed by atoms with van der Waals surface area (Å²) in [6, 6.07) is 5.06. The summed E-state index contributed by atoms with van der Waals surface area (Å²) in [7, 11) is 0. The first-order valence-electron chi connectivity index (χ1n) is 8.28. The Labute approximate surface area is 145 Å². The molecule has 25 heavy (non-hydrogen) atoms. The number of nitrogens with one attached hydrogen (secondary N) is 2. The average Bonchev–Trinajstić information content (AvgIpc) is 3.16. The van der Waals surface area contributed by atoms with Gasteiger partial charge in [-0.25, -0.2) is 4.79 Å². The number of hydrogen-bond acceptors (Lipinski definition) is 5. The summed E-state index contributed by atoms with van der Waals surface area (Å²) >= 11 is 0. The Morgan fingerprint density at radius 1 is 1.36 bits per heavy atom. The van der Waals surface area contributed by atoms with Gasteiger partial charge in [-0.3, -0.25) is 4.79 Å². The highest BCUT2D eigenvalue weighted by Crippen LogP contribution is 2.26. The summed E-state index contributed by atoms with van der Waals surface area (Å²) in [5, 5.41) is 13.5. The van der Waals surface area contributed by atoms with Crippen LogP contribution in [0.5, 0.6) is 0 Å². The van der Waals surface area contributed by atoms with E-state index in [-0.39, 0.29) is 24.5 Å². The Hall–Kier alpha value is -2.90. The number of rotatable bonds is 5. The normalized spacial score (nSPS) is 12.9. The predicted molar refractivity (Wildman–Crippen MR) is 92.1 cm³/mol. The molecule has 0 saturated carbocycles. The van der Waals surface area contributed by atoms with Crippen molar-refractivity contribution in [2.75, 3.05) is 10.6 Å². The van der Waals surface area contributed by atoms with Crippen molar-refractivity contribution in [1.29, 1.82) is 0 Å². The zero-order valence-electron chi connectivity index (χ0n) is 14.5. The number of amides is 3. The van der Waals surface area contributed by atoms with Gasteiger partial charge in [0.05, 0.1) is 6.42 Å². The molecule has 132 valence electrons. The van der Waals surface area contributed by atoms with Gasteiger partial charge in [-0.05, 0) is 37.6 Å². The van der Waals surface area contributed by atoms with E-state index < -0.39 is 0 Å². The Morgan fingerprint density at radius 3 is 2.80 bits per heavy atom. The van der Waals surface area contributed by atoms with Gasteiger partial charge in [0.1, 0.15) is 6.54 Å². The molecule has 8 nitrogen and oxygen atoms in total. The minimum Gasteiger partial charge on any atom is -0.423 e. The molecule has 0 radical (unpaired) electrons. The van der Waals surface area contributed by atoms with Crippen molar-refractivity contribution in [3.05, 3.63) is 35.5 Å². The van der Waals surface area contributed by atoms with Crippen LogP contribution in [0.25, 0.3) is 0 Å². The Bertz CT molecular complexity index is 799. The van der Waals surface area contributed by atoms with Crippen LogP contribution >= 0.6 is 0 Å². The molecule has 3 amide bonds. The Morgan fingerprint density at radius 2 is 2.12 bits per heavy atom. The maximum Gasteiger partial charge on any atom is 0.322 e. The molecule has 1 aromatic carbocycles. The molecule has 3 rings (SSSR count). The van der Waals surface area contributed by atoms with E-state index in [4.69, 9.17) is 4.42 Å². The summed E-state index contributed by atoms with van der Waals surface area (Å²) in [5.41, 5.74) is 2.32. The maximum absolute atomic E-state index is 12.6. The molecular formula is C17H21N5O3. The second-order valence-electron chi connectivity index (χ2n) is 6.19. The lowest BCUT2D eigenvalue weighted by atomic mass is 10.1. The third-order valence-electron chi connectivity index (χ3n) is 3.98. The van der Waals surface area contributed by atoms with Gasteiger partial charge in [-0.1, -0.05) is 6.92 Å². The summed E-state index contributed by atoms with van der Waals surface area (Å²) in [5.74, 6) is 0.921. The number of benzene rings is 1. The van der Waals surface area contributed by atoms with Crippen molar-refractivity contribution in [2.24, 2.45) is 0 Å². The molecule has 0 fully saturated rings.